The molecule has 1 aromatic carbocycles. The van der Waals surface area contributed by atoms with E-state index in [1.54, 1.807) is 6.07 Å². The summed E-state index contributed by atoms with van der Waals surface area (Å²) >= 11 is 0. The molecule has 84 valence electrons. The Balaban J connectivity index is 0.00000112. The van der Waals surface area contributed by atoms with Crippen LogP contribution in [0.1, 0.15) is 31.2 Å². The summed E-state index contributed by atoms with van der Waals surface area (Å²) in [5.74, 6) is -1.59. The van der Waals surface area contributed by atoms with Gasteiger partial charge in [0.1, 0.15) is 0 Å². The van der Waals surface area contributed by atoms with E-state index in [1.807, 2.05) is 0 Å². The van der Waals surface area contributed by atoms with Gasteiger partial charge in [0.25, 0.3) is 0 Å². The van der Waals surface area contributed by atoms with Gasteiger partial charge in [0.15, 0.2) is 11.6 Å². The van der Waals surface area contributed by atoms with E-state index in [1.165, 1.54) is 6.07 Å². The standard InChI is InChI=1S/C11H13F2N.ClH/c12-9-5-3-4-8(10(9)13)11(14)6-1-2-7-11;/h3-5H,1-2,6-7,14H2;1H. The molecule has 1 saturated carbocycles. The molecule has 4 heteroatoms. The Morgan fingerprint density at radius 1 is 1.13 bits per heavy atom. The second kappa shape index (κ2) is 4.45. The maximum Gasteiger partial charge on any atom is 0.163 e. The van der Waals surface area contributed by atoms with Gasteiger partial charge in [-0.15, -0.1) is 12.4 Å². The molecule has 2 rings (SSSR count). The van der Waals surface area contributed by atoms with Crippen molar-refractivity contribution < 1.29 is 8.78 Å². The molecule has 0 bridgehead atoms. The van der Waals surface area contributed by atoms with Gasteiger partial charge >= 0.3 is 0 Å². The van der Waals surface area contributed by atoms with Crippen molar-refractivity contribution in [2.45, 2.75) is 31.2 Å². The molecule has 0 unspecified atom stereocenters. The summed E-state index contributed by atoms with van der Waals surface area (Å²) in [4.78, 5) is 0. The Bertz CT molecular complexity index is 348. The van der Waals surface area contributed by atoms with E-state index in [0.717, 1.165) is 31.7 Å². The predicted molar refractivity (Wildman–Crippen MR) is 57.9 cm³/mol. The third kappa shape index (κ3) is 2.13. The van der Waals surface area contributed by atoms with Crippen molar-refractivity contribution in [2.24, 2.45) is 5.73 Å². The number of halogens is 3. The molecule has 0 atom stereocenters. The van der Waals surface area contributed by atoms with E-state index in [-0.39, 0.29) is 12.4 Å². The normalized spacial score (nSPS) is 18.6. The fourth-order valence-electron chi connectivity index (χ4n) is 2.16. The van der Waals surface area contributed by atoms with Gasteiger partial charge in [-0.2, -0.15) is 0 Å². The van der Waals surface area contributed by atoms with Gasteiger partial charge in [-0.3, -0.25) is 0 Å². The summed E-state index contributed by atoms with van der Waals surface area (Å²) in [6.07, 6.45) is 3.47. The molecule has 0 saturated heterocycles. The van der Waals surface area contributed by atoms with Gasteiger partial charge in [-0.25, -0.2) is 8.78 Å². The van der Waals surface area contributed by atoms with E-state index in [4.69, 9.17) is 5.73 Å². The minimum Gasteiger partial charge on any atom is -0.321 e. The fraction of sp³-hybridized carbons (Fsp3) is 0.455. The van der Waals surface area contributed by atoms with Gasteiger partial charge in [0.2, 0.25) is 0 Å². The molecule has 0 aliphatic heterocycles. The molecule has 0 aromatic heterocycles. The maximum atomic E-state index is 13.4. The fourth-order valence-corrected chi connectivity index (χ4v) is 2.16. The molecule has 1 aliphatic carbocycles. The molecule has 0 heterocycles. The second-order valence-electron chi connectivity index (χ2n) is 3.96. The summed E-state index contributed by atoms with van der Waals surface area (Å²) in [5.41, 5.74) is 5.73. The molecule has 1 aliphatic rings. The Hall–Kier alpha value is -0.670. The first-order valence-electron chi connectivity index (χ1n) is 4.87. The average molecular weight is 234 g/mol. The van der Waals surface area contributed by atoms with Gasteiger partial charge in [0, 0.05) is 11.1 Å². The lowest BCUT2D eigenvalue weighted by Crippen LogP contribution is -2.34. The molecule has 0 radical (unpaired) electrons. The van der Waals surface area contributed by atoms with Crippen molar-refractivity contribution >= 4 is 12.4 Å². The minimum absolute atomic E-state index is 0. The van der Waals surface area contributed by atoms with Crippen LogP contribution >= 0.6 is 12.4 Å². The third-order valence-corrected chi connectivity index (χ3v) is 2.98. The Morgan fingerprint density at radius 2 is 1.73 bits per heavy atom. The van der Waals surface area contributed by atoms with Crippen molar-refractivity contribution in [2.75, 3.05) is 0 Å². The van der Waals surface area contributed by atoms with Crippen molar-refractivity contribution in [1.82, 2.24) is 0 Å². The molecule has 2 N–H and O–H groups in total. The highest BCUT2D eigenvalue weighted by molar-refractivity contribution is 5.85. The number of hydrogen-bond donors (Lipinski definition) is 1. The van der Waals surface area contributed by atoms with E-state index in [9.17, 15) is 8.78 Å². The lowest BCUT2D eigenvalue weighted by atomic mass is 9.89. The number of nitrogens with two attached hydrogens (primary N) is 1. The molecule has 0 spiro atoms. The van der Waals surface area contributed by atoms with Crippen molar-refractivity contribution in [3.63, 3.8) is 0 Å². The zero-order chi connectivity index (χ0) is 10.2. The van der Waals surface area contributed by atoms with E-state index in [2.05, 4.69) is 0 Å². The molecule has 15 heavy (non-hydrogen) atoms. The highest BCUT2D eigenvalue weighted by Gasteiger charge is 2.34. The van der Waals surface area contributed by atoms with Crippen LogP contribution in [0.5, 0.6) is 0 Å². The second-order valence-corrected chi connectivity index (χ2v) is 3.96. The van der Waals surface area contributed by atoms with Crippen LogP contribution in [0.15, 0.2) is 18.2 Å². The largest absolute Gasteiger partial charge is 0.321 e. The van der Waals surface area contributed by atoms with Crippen LogP contribution in [0, 0.1) is 11.6 Å². The smallest absolute Gasteiger partial charge is 0.163 e. The first-order valence-corrected chi connectivity index (χ1v) is 4.87. The van der Waals surface area contributed by atoms with E-state index in [0.29, 0.717) is 5.56 Å². The Kier molecular flexibility index (Phi) is 3.68. The van der Waals surface area contributed by atoms with Gasteiger partial charge < -0.3 is 5.73 Å². The Morgan fingerprint density at radius 3 is 2.33 bits per heavy atom. The van der Waals surface area contributed by atoms with Crippen molar-refractivity contribution in [3.05, 3.63) is 35.4 Å². The summed E-state index contributed by atoms with van der Waals surface area (Å²) in [5, 5.41) is 0. The first-order chi connectivity index (χ1) is 6.63. The van der Waals surface area contributed by atoms with Crippen LogP contribution in [0.2, 0.25) is 0 Å². The number of benzene rings is 1. The van der Waals surface area contributed by atoms with Crippen LogP contribution in [-0.2, 0) is 5.54 Å². The van der Waals surface area contributed by atoms with E-state index >= 15 is 0 Å². The maximum absolute atomic E-state index is 13.4. The molecular weight excluding hydrogens is 220 g/mol. The zero-order valence-corrected chi connectivity index (χ0v) is 9.12. The van der Waals surface area contributed by atoms with Crippen LogP contribution in [-0.4, -0.2) is 0 Å². The first kappa shape index (κ1) is 12.4. The monoisotopic (exact) mass is 233 g/mol. The number of rotatable bonds is 1. The molecule has 0 amide bonds. The highest BCUT2D eigenvalue weighted by Crippen LogP contribution is 2.37. The third-order valence-electron chi connectivity index (χ3n) is 2.98. The molecule has 1 nitrogen and oxygen atoms in total. The highest BCUT2D eigenvalue weighted by atomic mass is 35.5. The van der Waals surface area contributed by atoms with Gasteiger partial charge in [0.05, 0.1) is 0 Å². The summed E-state index contributed by atoms with van der Waals surface area (Å²) in [6.45, 7) is 0. The lowest BCUT2D eigenvalue weighted by Gasteiger charge is -2.24. The van der Waals surface area contributed by atoms with Crippen molar-refractivity contribution in [1.29, 1.82) is 0 Å². The quantitative estimate of drug-likeness (QED) is 0.793. The predicted octanol–water partition coefficient (Wildman–Crippen LogP) is 3.11. The summed E-state index contributed by atoms with van der Waals surface area (Å²) in [7, 11) is 0. The molecule has 1 aromatic rings. The van der Waals surface area contributed by atoms with Crippen LogP contribution < -0.4 is 5.73 Å². The van der Waals surface area contributed by atoms with Crippen LogP contribution in [0.4, 0.5) is 8.78 Å². The van der Waals surface area contributed by atoms with Crippen molar-refractivity contribution in [3.8, 4) is 0 Å². The van der Waals surface area contributed by atoms with Gasteiger partial charge in [-0.1, -0.05) is 25.0 Å². The zero-order valence-electron chi connectivity index (χ0n) is 8.30. The number of hydrogen-bond acceptors (Lipinski definition) is 1. The lowest BCUT2D eigenvalue weighted by molar-refractivity contribution is 0.412. The molecular formula is C11H14ClF2N. The summed E-state index contributed by atoms with van der Waals surface area (Å²) < 4.78 is 26.4. The van der Waals surface area contributed by atoms with Crippen LogP contribution in [0.3, 0.4) is 0 Å². The van der Waals surface area contributed by atoms with Crippen LogP contribution in [0.25, 0.3) is 0 Å². The topological polar surface area (TPSA) is 26.0 Å². The summed E-state index contributed by atoms with van der Waals surface area (Å²) in [6, 6.07) is 4.22. The average Bonchev–Trinajstić information content (AvgIpc) is 2.58. The SMILES string of the molecule is Cl.NC1(c2cccc(F)c2F)CCCC1. The Labute approximate surface area is 94.1 Å². The minimum atomic E-state index is -0.806. The van der Waals surface area contributed by atoms with Gasteiger partial charge in [-0.05, 0) is 18.9 Å². The molecule has 1 fully saturated rings. The van der Waals surface area contributed by atoms with E-state index < -0.39 is 17.2 Å².